The first kappa shape index (κ1) is 34.5. The molecule has 39 heavy (non-hydrogen) atoms. The number of methoxy groups -OCH3 is 1. The Kier molecular flexibility index (Phi) is 15.2. The smallest absolute Gasteiger partial charge is 0.303 e. The van der Waals surface area contributed by atoms with E-state index in [1.54, 1.807) is 14.2 Å². The summed E-state index contributed by atoms with van der Waals surface area (Å²) in [5.41, 5.74) is 6.47. The zero-order valence-corrected chi connectivity index (χ0v) is 25.7. The van der Waals surface area contributed by atoms with Crippen LogP contribution in [0.2, 0.25) is 0 Å². The quantitative estimate of drug-likeness (QED) is 0.0835. The van der Waals surface area contributed by atoms with E-state index in [0.29, 0.717) is 30.1 Å². The molecule has 0 heterocycles. The number of hydrogen-bond acceptors (Lipinski definition) is 6. The SMILES string of the molecule is C=C(NC)/C(C)=C(\C=C/C)OC.CNO/C(=C(\CC(CC=O)CCC(=O)O)C1CC1)C1CC(CC(C)(C)C)C1. The van der Waals surface area contributed by atoms with Crippen LogP contribution >= 0.6 is 0 Å². The number of hydrogen-bond donors (Lipinski definition) is 3. The number of rotatable bonds is 16. The van der Waals surface area contributed by atoms with Crippen LogP contribution in [0.25, 0.3) is 0 Å². The van der Waals surface area contributed by atoms with Gasteiger partial charge in [0.15, 0.2) is 0 Å². The van der Waals surface area contributed by atoms with E-state index in [1.165, 1.54) is 24.8 Å². The van der Waals surface area contributed by atoms with Crippen LogP contribution in [0.3, 0.4) is 0 Å². The molecule has 2 aliphatic carbocycles. The molecule has 2 rings (SSSR count). The third-order valence-corrected chi connectivity index (χ3v) is 7.47. The molecule has 222 valence electrons. The van der Waals surface area contributed by atoms with Crippen molar-refractivity contribution in [2.24, 2.45) is 29.1 Å². The van der Waals surface area contributed by atoms with Gasteiger partial charge in [-0.2, -0.15) is 5.48 Å². The van der Waals surface area contributed by atoms with E-state index in [4.69, 9.17) is 14.7 Å². The molecule has 0 saturated heterocycles. The number of carbonyl (C=O) groups excluding carboxylic acids is 1. The van der Waals surface area contributed by atoms with Crippen LogP contribution in [-0.2, 0) is 19.2 Å². The van der Waals surface area contributed by atoms with Gasteiger partial charge in [-0.25, -0.2) is 0 Å². The molecule has 2 saturated carbocycles. The van der Waals surface area contributed by atoms with Gasteiger partial charge in [0, 0.05) is 44.1 Å². The Morgan fingerprint density at radius 1 is 1.18 bits per heavy atom. The average molecular weight is 547 g/mol. The summed E-state index contributed by atoms with van der Waals surface area (Å²) in [5, 5.41) is 12.0. The number of aliphatic carboxylic acids is 1. The lowest BCUT2D eigenvalue weighted by Crippen LogP contribution is -2.32. The molecule has 1 unspecified atom stereocenters. The van der Waals surface area contributed by atoms with E-state index in [2.05, 4.69) is 38.1 Å². The van der Waals surface area contributed by atoms with Crippen LogP contribution in [0, 0.1) is 29.1 Å². The second-order valence-electron chi connectivity index (χ2n) is 12.1. The average Bonchev–Trinajstić information content (AvgIpc) is 3.69. The predicted molar refractivity (Wildman–Crippen MR) is 159 cm³/mol. The molecule has 0 bridgehead atoms. The summed E-state index contributed by atoms with van der Waals surface area (Å²) in [4.78, 5) is 28.0. The Balaban J connectivity index is 0.000000534. The Morgan fingerprint density at radius 2 is 1.82 bits per heavy atom. The van der Waals surface area contributed by atoms with Crippen molar-refractivity contribution in [1.82, 2.24) is 10.8 Å². The standard InChI is InChI=1S/C22H37NO4.C10H17NO/c1-22(2,3)14-16-11-18(12-16)21(27-23-4)19(17-6-7-17)13-15(9-10-24)5-8-20(25)26;1-6-7-10(12-5)8(2)9(3)11-4/h10,15-18,23H,5-9,11-14H2,1-4H3,(H,25,26);6-7,11H,3H2,1-2,4-5H3/b21-19+;7-6-,10-8+. The van der Waals surface area contributed by atoms with Gasteiger partial charge in [0.2, 0.25) is 0 Å². The van der Waals surface area contributed by atoms with Gasteiger partial charge >= 0.3 is 5.97 Å². The van der Waals surface area contributed by atoms with Crippen molar-refractivity contribution < 1.29 is 24.3 Å². The topological polar surface area (TPSA) is 96.9 Å². The molecule has 2 aliphatic rings. The van der Waals surface area contributed by atoms with E-state index < -0.39 is 5.97 Å². The first-order valence-corrected chi connectivity index (χ1v) is 14.4. The molecule has 0 aromatic heterocycles. The zero-order valence-electron chi connectivity index (χ0n) is 25.7. The van der Waals surface area contributed by atoms with E-state index in [0.717, 1.165) is 54.3 Å². The zero-order chi connectivity index (χ0) is 29.6. The summed E-state index contributed by atoms with van der Waals surface area (Å²) in [7, 11) is 5.29. The van der Waals surface area contributed by atoms with Crippen molar-refractivity contribution in [3.63, 3.8) is 0 Å². The van der Waals surface area contributed by atoms with Crippen molar-refractivity contribution in [3.8, 4) is 0 Å². The predicted octanol–water partition coefficient (Wildman–Crippen LogP) is 6.94. The Labute approximate surface area is 237 Å². The number of aldehydes is 1. The summed E-state index contributed by atoms with van der Waals surface area (Å²) >= 11 is 0. The Hall–Kier alpha value is -2.54. The first-order chi connectivity index (χ1) is 18.4. The fourth-order valence-corrected chi connectivity index (χ4v) is 5.32. The largest absolute Gasteiger partial charge is 0.496 e. The number of carboxylic acid groups (broad SMARTS) is 1. The maximum atomic E-state index is 11.1. The van der Waals surface area contributed by atoms with E-state index in [1.807, 2.05) is 33.0 Å². The minimum atomic E-state index is -0.793. The van der Waals surface area contributed by atoms with Crippen molar-refractivity contribution in [1.29, 1.82) is 0 Å². The molecule has 0 aromatic rings. The maximum Gasteiger partial charge on any atom is 0.303 e. The van der Waals surface area contributed by atoms with Crippen LogP contribution in [0.5, 0.6) is 0 Å². The Bertz CT molecular complexity index is 887. The van der Waals surface area contributed by atoms with Crippen molar-refractivity contribution in [2.75, 3.05) is 21.2 Å². The normalized spacial score (nSPS) is 20.9. The lowest BCUT2D eigenvalue weighted by atomic mass is 9.67. The Morgan fingerprint density at radius 3 is 2.26 bits per heavy atom. The maximum absolute atomic E-state index is 11.1. The summed E-state index contributed by atoms with van der Waals surface area (Å²) in [6.45, 7) is 14.6. The van der Waals surface area contributed by atoms with Crippen LogP contribution in [0.4, 0.5) is 0 Å². The molecule has 2 fully saturated rings. The number of hydroxylamine groups is 1. The fourth-order valence-electron chi connectivity index (χ4n) is 5.32. The third-order valence-electron chi connectivity index (χ3n) is 7.47. The molecule has 0 spiro atoms. The molecular formula is C32H54N2O5. The highest BCUT2D eigenvalue weighted by Crippen LogP contribution is 2.50. The number of likely N-dealkylation sites (N-methyl/N-ethyl adjacent to an activating group) is 1. The molecule has 0 aromatic carbocycles. The van der Waals surface area contributed by atoms with Crippen LogP contribution < -0.4 is 10.8 Å². The summed E-state index contributed by atoms with van der Waals surface area (Å²) < 4.78 is 5.17. The highest BCUT2D eigenvalue weighted by Gasteiger charge is 2.40. The van der Waals surface area contributed by atoms with Gasteiger partial charge in [0.05, 0.1) is 7.11 Å². The van der Waals surface area contributed by atoms with Gasteiger partial charge < -0.3 is 24.8 Å². The van der Waals surface area contributed by atoms with Gasteiger partial charge in [0.1, 0.15) is 17.8 Å². The van der Waals surface area contributed by atoms with E-state index in [-0.39, 0.29) is 12.3 Å². The molecular weight excluding hydrogens is 492 g/mol. The molecule has 0 radical (unpaired) electrons. The number of carbonyl (C=O) groups is 2. The van der Waals surface area contributed by atoms with Gasteiger partial charge in [-0.1, -0.05) is 33.4 Å². The monoisotopic (exact) mass is 546 g/mol. The number of ether oxygens (including phenoxy) is 1. The molecule has 1 atom stereocenters. The van der Waals surface area contributed by atoms with Crippen LogP contribution in [0.1, 0.15) is 92.4 Å². The highest BCUT2D eigenvalue weighted by molar-refractivity contribution is 5.66. The molecule has 7 nitrogen and oxygen atoms in total. The van der Waals surface area contributed by atoms with Gasteiger partial charge in [-0.05, 0) is 93.6 Å². The molecule has 0 aliphatic heterocycles. The summed E-state index contributed by atoms with van der Waals surface area (Å²) in [6.07, 6.45) is 12.6. The third kappa shape index (κ3) is 12.9. The van der Waals surface area contributed by atoms with Crippen molar-refractivity contribution in [3.05, 3.63) is 47.1 Å². The second-order valence-corrected chi connectivity index (χ2v) is 12.1. The first-order valence-electron chi connectivity index (χ1n) is 14.4. The van der Waals surface area contributed by atoms with Gasteiger partial charge in [0.25, 0.3) is 0 Å². The minimum Gasteiger partial charge on any atom is -0.496 e. The van der Waals surface area contributed by atoms with Crippen LogP contribution in [0.15, 0.2) is 47.1 Å². The van der Waals surface area contributed by atoms with E-state index in [9.17, 15) is 9.59 Å². The molecule has 0 amide bonds. The van der Waals surface area contributed by atoms with Crippen LogP contribution in [-0.4, -0.2) is 38.6 Å². The lowest BCUT2D eigenvalue weighted by molar-refractivity contribution is -0.137. The summed E-state index contributed by atoms with van der Waals surface area (Å²) in [6, 6.07) is 0. The number of nitrogens with one attached hydrogen (secondary N) is 2. The van der Waals surface area contributed by atoms with Gasteiger partial charge in [-0.3, -0.25) is 4.79 Å². The summed E-state index contributed by atoms with van der Waals surface area (Å²) in [5.74, 6) is 2.98. The van der Waals surface area contributed by atoms with E-state index >= 15 is 0 Å². The minimum absolute atomic E-state index is 0.0927. The second kappa shape index (κ2) is 17.2. The molecule has 3 N–H and O–H groups in total. The highest BCUT2D eigenvalue weighted by atomic mass is 16.6. The van der Waals surface area contributed by atoms with Crippen molar-refractivity contribution >= 4 is 12.3 Å². The fraction of sp³-hybridized carbons (Fsp3) is 0.688. The lowest BCUT2D eigenvalue weighted by Gasteiger charge is -2.40. The van der Waals surface area contributed by atoms with Crippen molar-refractivity contribution in [2.45, 2.75) is 92.4 Å². The number of carboxylic acids is 1. The van der Waals surface area contributed by atoms with Gasteiger partial charge in [-0.15, -0.1) is 0 Å². The number of allylic oxidation sites excluding steroid dienone is 5. The molecule has 7 heteroatoms.